The Hall–Kier alpha value is -0.770. The Balaban J connectivity index is 0. The topological polar surface area (TPSA) is 49.8 Å². The zero-order chi connectivity index (χ0) is 14.2. The van der Waals surface area contributed by atoms with Crippen molar-refractivity contribution in [3.05, 3.63) is 0 Å². The number of carbonyl (C=O) groups is 1. The molecule has 0 amide bonds. The normalized spacial score (nSPS) is 9.83. The smallest absolute Gasteiger partial charge is 0.450 e. The monoisotopic (exact) mass is 261 g/mol. The summed E-state index contributed by atoms with van der Waals surface area (Å²) in [4.78, 5) is 11.8. The highest BCUT2D eigenvalue weighted by Crippen LogP contribution is 2.01. The average Bonchev–Trinajstić information content (AvgIpc) is 2.38. The van der Waals surface area contributed by atoms with Gasteiger partial charge in [0, 0.05) is 0 Å². The van der Waals surface area contributed by atoms with Gasteiger partial charge in [-0.3, -0.25) is 0 Å². The Labute approximate surface area is 112 Å². The molecule has 1 N–H and O–H groups in total. The fourth-order valence-corrected chi connectivity index (χ4v) is 1.48. The minimum atomic E-state index is -1.25. The second-order valence-corrected chi connectivity index (χ2v) is 4.37. The number of carboxylic acid groups (broad SMARTS) is 1. The van der Waals surface area contributed by atoms with Crippen molar-refractivity contribution in [1.29, 1.82) is 0 Å². The Morgan fingerprint density at radius 1 is 0.944 bits per heavy atom. The number of unbranched alkanes of at least 4 members (excludes halogenated alkanes) is 3. The first-order valence-electron chi connectivity index (χ1n) is 7.11. The summed E-state index contributed by atoms with van der Waals surface area (Å²) in [5.41, 5.74) is 0. The number of nitrogens with zero attached hydrogens (tertiary/aromatic N) is 1. The summed E-state index contributed by atoms with van der Waals surface area (Å²) in [6.45, 7) is 10.8. The molecule has 4 heteroatoms. The third-order valence-corrected chi connectivity index (χ3v) is 2.66. The molecule has 0 heterocycles. The maximum atomic E-state index is 9.15. The van der Waals surface area contributed by atoms with Crippen molar-refractivity contribution >= 4 is 6.16 Å². The lowest BCUT2D eigenvalue weighted by Crippen LogP contribution is -2.27. The first-order valence-corrected chi connectivity index (χ1v) is 7.11. The summed E-state index contributed by atoms with van der Waals surface area (Å²) >= 11 is 0. The highest BCUT2D eigenvalue weighted by atomic mass is 16.6. The van der Waals surface area contributed by atoms with Crippen LogP contribution in [0.2, 0.25) is 0 Å². The second kappa shape index (κ2) is 16.2. The van der Waals surface area contributed by atoms with Crippen molar-refractivity contribution in [2.75, 3.05) is 26.7 Å². The van der Waals surface area contributed by atoms with Gasteiger partial charge in [-0.05, 0) is 38.9 Å². The molecule has 0 saturated carbocycles. The predicted octanol–water partition coefficient (Wildman–Crippen LogP) is 4.00. The predicted molar refractivity (Wildman–Crippen MR) is 76.2 cm³/mol. The quantitative estimate of drug-likeness (QED) is 0.637. The third-order valence-electron chi connectivity index (χ3n) is 2.66. The lowest BCUT2D eigenvalue weighted by atomic mass is 10.2. The molecule has 0 saturated heterocycles. The van der Waals surface area contributed by atoms with Crippen molar-refractivity contribution < 1.29 is 14.6 Å². The SMILES string of the molecule is CCCCN(CCCC)CCCC.COC(=O)O. The zero-order valence-electron chi connectivity index (χ0n) is 12.6. The van der Waals surface area contributed by atoms with Crippen molar-refractivity contribution in [3.8, 4) is 0 Å². The summed E-state index contributed by atoms with van der Waals surface area (Å²) in [7, 11) is 1.10. The van der Waals surface area contributed by atoms with Crippen LogP contribution < -0.4 is 0 Å². The van der Waals surface area contributed by atoms with E-state index in [4.69, 9.17) is 9.90 Å². The van der Waals surface area contributed by atoms with Gasteiger partial charge < -0.3 is 14.7 Å². The van der Waals surface area contributed by atoms with Crippen LogP contribution in [0.4, 0.5) is 4.79 Å². The van der Waals surface area contributed by atoms with Gasteiger partial charge in [0.25, 0.3) is 0 Å². The number of hydrogen-bond donors (Lipinski definition) is 1. The third kappa shape index (κ3) is 17.6. The van der Waals surface area contributed by atoms with Gasteiger partial charge in [0.15, 0.2) is 0 Å². The first-order chi connectivity index (χ1) is 8.62. The fraction of sp³-hybridized carbons (Fsp3) is 0.929. The largest absolute Gasteiger partial charge is 0.505 e. The molecule has 4 nitrogen and oxygen atoms in total. The Kier molecular flexibility index (Phi) is 17.6. The van der Waals surface area contributed by atoms with Crippen LogP contribution in [-0.2, 0) is 4.74 Å². The van der Waals surface area contributed by atoms with Crippen LogP contribution >= 0.6 is 0 Å². The van der Waals surface area contributed by atoms with E-state index >= 15 is 0 Å². The van der Waals surface area contributed by atoms with Gasteiger partial charge in [-0.1, -0.05) is 40.0 Å². The van der Waals surface area contributed by atoms with Crippen molar-refractivity contribution in [1.82, 2.24) is 4.90 Å². The molecule has 0 radical (unpaired) electrons. The number of ether oxygens (including phenoxy) is 1. The molecule has 0 fully saturated rings. The van der Waals surface area contributed by atoms with Crippen LogP contribution in [0.5, 0.6) is 0 Å². The van der Waals surface area contributed by atoms with E-state index in [-0.39, 0.29) is 0 Å². The van der Waals surface area contributed by atoms with E-state index in [0.717, 1.165) is 7.11 Å². The zero-order valence-corrected chi connectivity index (χ0v) is 12.6. The van der Waals surface area contributed by atoms with E-state index in [0.29, 0.717) is 0 Å². The van der Waals surface area contributed by atoms with E-state index in [9.17, 15) is 0 Å². The van der Waals surface area contributed by atoms with E-state index in [2.05, 4.69) is 30.4 Å². The van der Waals surface area contributed by atoms with Gasteiger partial charge >= 0.3 is 6.16 Å². The molecule has 0 aromatic carbocycles. The molecule has 0 aromatic rings. The lowest BCUT2D eigenvalue weighted by Gasteiger charge is -2.21. The highest BCUT2D eigenvalue weighted by molar-refractivity contribution is 5.56. The van der Waals surface area contributed by atoms with Gasteiger partial charge in [0.2, 0.25) is 0 Å². The summed E-state index contributed by atoms with van der Waals surface area (Å²) in [6, 6.07) is 0. The number of hydrogen-bond acceptors (Lipinski definition) is 3. The molecule has 0 aliphatic carbocycles. The van der Waals surface area contributed by atoms with Crippen LogP contribution in [0.1, 0.15) is 59.3 Å². The first kappa shape index (κ1) is 19.6. The average molecular weight is 261 g/mol. The van der Waals surface area contributed by atoms with Crippen LogP contribution in [0.3, 0.4) is 0 Å². The number of rotatable bonds is 9. The van der Waals surface area contributed by atoms with Gasteiger partial charge in [-0.2, -0.15) is 0 Å². The Bertz CT molecular complexity index is 155. The van der Waals surface area contributed by atoms with Gasteiger partial charge in [-0.15, -0.1) is 0 Å². The summed E-state index contributed by atoms with van der Waals surface area (Å²) in [5, 5.41) is 7.50. The summed E-state index contributed by atoms with van der Waals surface area (Å²) < 4.78 is 3.67. The van der Waals surface area contributed by atoms with Crippen molar-refractivity contribution in [2.45, 2.75) is 59.3 Å². The molecule has 0 bridgehead atoms. The maximum Gasteiger partial charge on any atom is 0.505 e. The van der Waals surface area contributed by atoms with Crippen LogP contribution in [0.15, 0.2) is 0 Å². The molecule has 110 valence electrons. The molecule has 0 aliphatic rings. The minimum Gasteiger partial charge on any atom is -0.450 e. The van der Waals surface area contributed by atoms with Crippen LogP contribution in [0.25, 0.3) is 0 Å². The van der Waals surface area contributed by atoms with Crippen LogP contribution in [0, 0.1) is 0 Å². The minimum absolute atomic E-state index is 1.10. The molecular weight excluding hydrogens is 230 g/mol. The Morgan fingerprint density at radius 2 is 1.22 bits per heavy atom. The highest BCUT2D eigenvalue weighted by Gasteiger charge is 2.01. The molecule has 0 atom stereocenters. The standard InChI is InChI=1S/C12H27N.C2H4O3/c1-4-7-10-13(11-8-5-2)12-9-6-3;1-5-2(3)4/h4-12H2,1-3H3;1H3,(H,3,4). The fourth-order valence-electron chi connectivity index (χ4n) is 1.48. The molecular formula is C14H31NO3. The number of methoxy groups -OCH3 is 1. The molecule has 0 aliphatic heterocycles. The maximum absolute atomic E-state index is 9.15. The van der Waals surface area contributed by atoms with Gasteiger partial charge in [0.1, 0.15) is 0 Å². The van der Waals surface area contributed by atoms with Crippen molar-refractivity contribution in [2.24, 2.45) is 0 Å². The van der Waals surface area contributed by atoms with Gasteiger partial charge in [-0.25, -0.2) is 4.79 Å². The summed E-state index contributed by atoms with van der Waals surface area (Å²) in [5.74, 6) is 0. The van der Waals surface area contributed by atoms with Gasteiger partial charge in [0.05, 0.1) is 7.11 Å². The molecule has 18 heavy (non-hydrogen) atoms. The van der Waals surface area contributed by atoms with E-state index in [1.807, 2.05) is 0 Å². The van der Waals surface area contributed by atoms with Crippen molar-refractivity contribution in [3.63, 3.8) is 0 Å². The van der Waals surface area contributed by atoms with Crippen LogP contribution in [-0.4, -0.2) is 42.9 Å². The lowest BCUT2D eigenvalue weighted by molar-refractivity contribution is 0.114. The van der Waals surface area contributed by atoms with E-state index < -0.39 is 6.16 Å². The molecule has 0 spiro atoms. The molecule has 0 aromatic heterocycles. The Morgan fingerprint density at radius 3 is 1.39 bits per heavy atom. The summed E-state index contributed by atoms with van der Waals surface area (Å²) in [6.07, 6.45) is 6.84. The molecule has 0 rings (SSSR count). The van der Waals surface area contributed by atoms with E-state index in [1.54, 1.807) is 0 Å². The molecule has 0 unspecified atom stereocenters. The van der Waals surface area contributed by atoms with E-state index in [1.165, 1.54) is 58.2 Å². The second-order valence-electron chi connectivity index (χ2n) is 4.37.